The summed E-state index contributed by atoms with van der Waals surface area (Å²) in [6.45, 7) is 0. The fourth-order valence-electron chi connectivity index (χ4n) is 1.55. The number of aromatic nitrogens is 1. The van der Waals surface area contributed by atoms with Crippen LogP contribution in [0.5, 0.6) is 0 Å². The molecule has 2 aromatic rings. The third kappa shape index (κ3) is 1.99. The summed E-state index contributed by atoms with van der Waals surface area (Å²) in [5, 5.41) is 0.940. The van der Waals surface area contributed by atoms with Crippen molar-refractivity contribution in [1.82, 2.24) is 4.98 Å². The van der Waals surface area contributed by atoms with Gasteiger partial charge in [0.2, 0.25) is 0 Å². The second kappa shape index (κ2) is 4.51. The molecule has 17 heavy (non-hydrogen) atoms. The zero-order valence-corrected chi connectivity index (χ0v) is 9.69. The van der Waals surface area contributed by atoms with Crippen LogP contribution >= 0.6 is 11.6 Å². The molecular formula is C12H8ClNO3. The molecule has 1 aromatic heterocycles. The van der Waals surface area contributed by atoms with Crippen LogP contribution in [-0.4, -0.2) is 24.3 Å². The van der Waals surface area contributed by atoms with Crippen molar-refractivity contribution in [2.75, 3.05) is 7.11 Å². The summed E-state index contributed by atoms with van der Waals surface area (Å²) in [7, 11) is 1.28. The summed E-state index contributed by atoms with van der Waals surface area (Å²) in [5.41, 5.74) is 1.08. The van der Waals surface area contributed by atoms with Crippen LogP contribution in [0.2, 0.25) is 5.02 Å². The van der Waals surface area contributed by atoms with Gasteiger partial charge in [-0.15, -0.1) is 0 Å². The van der Waals surface area contributed by atoms with Gasteiger partial charge in [-0.1, -0.05) is 17.7 Å². The van der Waals surface area contributed by atoms with Crippen molar-refractivity contribution in [2.45, 2.75) is 0 Å². The van der Waals surface area contributed by atoms with Gasteiger partial charge >= 0.3 is 5.97 Å². The molecule has 0 bridgehead atoms. The molecule has 0 aliphatic carbocycles. The van der Waals surface area contributed by atoms with E-state index in [0.29, 0.717) is 22.8 Å². The summed E-state index contributed by atoms with van der Waals surface area (Å²) >= 11 is 5.94. The van der Waals surface area contributed by atoms with Crippen LogP contribution in [0.25, 0.3) is 10.9 Å². The molecule has 5 heteroatoms. The van der Waals surface area contributed by atoms with E-state index in [2.05, 4.69) is 9.72 Å². The van der Waals surface area contributed by atoms with E-state index in [0.717, 1.165) is 0 Å². The molecule has 0 spiro atoms. The number of methoxy groups -OCH3 is 1. The smallest absolute Gasteiger partial charge is 0.341 e. The Morgan fingerprint density at radius 2 is 2.24 bits per heavy atom. The third-order valence-electron chi connectivity index (χ3n) is 2.35. The fraction of sp³-hybridized carbons (Fsp3) is 0.0833. The van der Waals surface area contributed by atoms with Gasteiger partial charge in [-0.05, 0) is 12.1 Å². The van der Waals surface area contributed by atoms with E-state index >= 15 is 0 Å². The van der Waals surface area contributed by atoms with Crippen LogP contribution in [0.4, 0.5) is 0 Å². The minimum absolute atomic E-state index is 0.212. The number of hydrogen-bond acceptors (Lipinski definition) is 4. The van der Waals surface area contributed by atoms with Gasteiger partial charge in [-0.25, -0.2) is 4.79 Å². The van der Waals surface area contributed by atoms with Gasteiger partial charge in [-0.3, -0.25) is 9.78 Å². The van der Waals surface area contributed by atoms with E-state index in [-0.39, 0.29) is 10.6 Å². The van der Waals surface area contributed by atoms with E-state index in [1.165, 1.54) is 13.3 Å². The number of esters is 1. The first-order chi connectivity index (χ1) is 8.17. The first-order valence-corrected chi connectivity index (χ1v) is 5.17. The number of fused-ring (bicyclic) bond motifs is 1. The van der Waals surface area contributed by atoms with Crippen LogP contribution in [-0.2, 0) is 4.74 Å². The third-order valence-corrected chi connectivity index (χ3v) is 2.66. The van der Waals surface area contributed by atoms with E-state index in [1.54, 1.807) is 18.2 Å². The van der Waals surface area contributed by atoms with Crippen molar-refractivity contribution in [1.29, 1.82) is 0 Å². The molecule has 0 saturated carbocycles. The van der Waals surface area contributed by atoms with Crippen LogP contribution < -0.4 is 0 Å². The number of nitrogens with zero attached hydrogens (tertiary/aromatic N) is 1. The highest BCUT2D eigenvalue weighted by Crippen LogP contribution is 2.25. The number of benzene rings is 1. The first-order valence-electron chi connectivity index (χ1n) is 4.79. The van der Waals surface area contributed by atoms with Gasteiger partial charge in [0.1, 0.15) is 5.56 Å². The zero-order chi connectivity index (χ0) is 12.4. The molecule has 0 atom stereocenters. The maximum Gasteiger partial charge on any atom is 0.341 e. The second-order valence-electron chi connectivity index (χ2n) is 3.37. The number of aldehydes is 1. The topological polar surface area (TPSA) is 56.3 Å². The molecule has 1 aromatic carbocycles. The van der Waals surface area contributed by atoms with Crippen LogP contribution in [0.3, 0.4) is 0 Å². The molecule has 0 amide bonds. The van der Waals surface area contributed by atoms with E-state index in [9.17, 15) is 9.59 Å². The number of carbonyl (C=O) groups is 2. The second-order valence-corrected chi connectivity index (χ2v) is 3.78. The van der Waals surface area contributed by atoms with Crippen molar-refractivity contribution in [3.05, 3.63) is 40.5 Å². The lowest BCUT2D eigenvalue weighted by Crippen LogP contribution is -2.04. The van der Waals surface area contributed by atoms with E-state index in [4.69, 9.17) is 11.6 Å². The van der Waals surface area contributed by atoms with E-state index in [1.807, 2.05) is 0 Å². The largest absolute Gasteiger partial charge is 0.465 e. The highest BCUT2D eigenvalue weighted by molar-refractivity contribution is 6.35. The molecule has 4 nitrogen and oxygen atoms in total. The zero-order valence-electron chi connectivity index (χ0n) is 8.94. The number of halogens is 1. The lowest BCUT2D eigenvalue weighted by Gasteiger charge is -2.06. The number of pyridine rings is 1. The molecule has 2 rings (SSSR count). The van der Waals surface area contributed by atoms with Crippen LogP contribution in [0.15, 0.2) is 24.4 Å². The minimum atomic E-state index is -0.549. The summed E-state index contributed by atoms with van der Waals surface area (Å²) < 4.78 is 4.65. The summed E-state index contributed by atoms with van der Waals surface area (Å²) in [5.74, 6) is -0.549. The van der Waals surface area contributed by atoms with Crippen LogP contribution in [0.1, 0.15) is 20.7 Å². The van der Waals surface area contributed by atoms with Gasteiger partial charge in [-0.2, -0.15) is 0 Å². The lowest BCUT2D eigenvalue weighted by molar-refractivity contribution is 0.0603. The van der Waals surface area contributed by atoms with Crippen molar-refractivity contribution in [2.24, 2.45) is 0 Å². The molecule has 0 fully saturated rings. The van der Waals surface area contributed by atoms with Gasteiger partial charge < -0.3 is 4.74 Å². The van der Waals surface area contributed by atoms with E-state index < -0.39 is 5.97 Å². The Morgan fingerprint density at radius 1 is 1.47 bits per heavy atom. The Morgan fingerprint density at radius 3 is 2.88 bits per heavy atom. The van der Waals surface area contributed by atoms with Gasteiger partial charge in [0, 0.05) is 17.1 Å². The highest BCUT2D eigenvalue weighted by atomic mass is 35.5. The summed E-state index contributed by atoms with van der Waals surface area (Å²) in [6.07, 6.45) is 2.08. The summed E-state index contributed by atoms with van der Waals surface area (Å²) in [4.78, 5) is 26.3. The molecule has 86 valence electrons. The Hall–Kier alpha value is -1.94. The number of ether oxygens (including phenoxy) is 1. The number of hydrogen-bond donors (Lipinski definition) is 0. The molecule has 0 radical (unpaired) electrons. The highest BCUT2D eigenvalue weighted by Gasteiger charge is 2.16. The SMILES string of the molecule is COC(=O)c1c(Cl)ccc2cc(C=O)cnc12. The standard InChI is InChI=1S/C12H8ClNO3/c1-17-12(16)10-9(13)3-2-8-4-7(6-15)5-14-11(8)10/h2-6H,1H3. The van der Waals surface area contributed by atoms with Gasteiger partial charge in [0.25, 0.3) is 0 Å². The molecule has 0 aliphatic heterocycles. The monoisotopic (exact) mass is 249 g/mol. The Labute approximate surface area is 102 Å². The maximum atomic E-state index is 11.6. The van der Waals surface area contributed by atoms with Crippen LogP contribution in [0, 0.1) is 0 Å². The van der Waals surface area contributed by atoms with Gasteiger partial charge in [0.15, 0.2) is 6.29 Å². The molecule has 0 unspecified atom stereocenters. The lowest BCUT2D eigenvalue weighted by atomic mass is 10.1. The molecular weight excluding hydrogens is 242 g/mol. The van der Waals surface area contributed by atoms with Crippen molar-refractivity contribution < 1.29 is 14.3 Å². The average molecular weight is 250 g/mol. The normalized spacial score (nSPS) is 10.2. The Bertz CT molecular complexity index is 610. The molecule has 0 N–H and O–H groups in total. The van der Waals surface area contributed by atoms with Crippen molar-refractivity contribution in [3.63, 3.8) is 0 Å². The fourth-order valence-corrected chi connectivity index (χ4v) is 1.78. The molecule has 0 saturated heterocycles. The maximum absolute atomic E-state index is 11.6. The minimum Gasteiger partial charge on any atom is -0.465 e. The Kier molecular flexibility index (Phi) is 3.06. The average Bonchev–Trinajstić information content (AvgIpc) is 2.37. The number of carbonyl (C=O) groups excluding carboxylic acids is 2. The predicted octanol–water partition coefficient (Wildman–Crippen LogP) is 2.49. The first kappa shape index (κ1) is 11.5. The quantitative estimate of drug-likeness (QED) is 0.606. The summed E-state index contributed by atoms with van der Waals surface area (Å²) in [6, 6.07) is 4.91. The van der Waals surface area contributed by atoms with Crippen molar-refractivity contribution >= 4 is 34.8 Å². The van der Waals surface area contributed by atoms with Crippen molar-refractivity contribution in [3.8, 4) is 0 Å². The Balaban J connectivity index is 2.77. The number of rotatable bonds is 2. The molecule has 0 aliphatic rings. The molecule has 1 heterocycles. The predicted molar refractivity (Wildman–Crippen MR) is 63.5 cm³/mol. The van der Waals surface area contributed by atoms with Gasteiger partial charge in [0.05, 0.1) is 17.6 Å².